The Hall–Kier alpha value is -4.01. The fourth-order valence-electron chi connectivity index (χ4n) is 3.12. The molecule has 0 unspecified atom stereocenters. The van der Waals surface area contributed by atoms with Crippen LogP contribution in [0.2, 0.25) is 0 Å². The molecule has 0 saturated heterocycles. The van der Waals surface area contributed by atoms with Gasteiger partial charge in [-0.05, 0) is 42.3 Å². The van der Waals surface area contributed by atoms with Gasteiger partial charge >= 0.3 is 0 Å². The Balaban J connectivity index is 1.58. The van der Waals surface area contributed by atoms with Crippen molar-refractivity contribution >= 4 is 17.9 Å². The predicted molar refractivity (Wildman–Crippen MR) is 111 cm³/mol. The van der Waals surface area contributed by atoms with Crippen molar-refractivity contribution < 1.29 is 9.18 Å². The van der Waals surface area contributed by atoms with Crippen LogP contribution in [0, 0.1) is 5.82 Å². The lowest BCUT2D eigenvalue weighted by atomic mass is 10.1. The first-order valence-electron chi connectivity index (χ1n) is 9.42. The van der Waals surface area contributed by atoms with E-state index < -0.39 is 0 Å². The highest BCUT2D eigenvalue weighted by Gasteiger charge is 2.15. The van der Waals surface area contributed by atoms with Crippen molar-refractivity contribution in [1.82, 2.24) is 25.4 Å². The Labute approximate surface area is 172 Å². The molecule has 9 heteroatoms. The van der Waals surface area contributed by atoms with Gasteiger partial charge in [0.25, 0.3) is 0 Å². The van der Waals surface area contributed by atoms with Crippen molar-refractivity contribution in [1.29, 1.82) is 0 Å². The predicted octanol–water partition coefficient (Wildman–Crippen LogP) is 3.15. The van der Waals surface area contributed by atoms with Crippen LogP contribution in [-0.4, -0.2) is 38.3 Å². The van der Waals surface area contributed by atoms with Crippen molar-refractivity contribution in [2.75, 3.05) is 16.8 Å². The maximum atomic E-state index is 13.4. The Kier molecular flexibility index (Phi) is 5.79. The quantitative estimate of drug-likeness (QED) is 0.371. The fourth-order valence-corrected chi connectivity index (χ4v) is 3.12. The van der Waals surface area contributed by atoms with Gasteiger partial charge in [-0.15, -0.1) is 0 Å². The molecule has 1 aromatic carbocycles. The molecule has 4 rings (SSSR count). The molecule has 8 nitrogen and oxygen atoms in total. The first kappa shape index (κ1) is 19.3. The topological polar surface area (TPSA) is 103 Å². The average molecular weight is 405 g/mol. The van der Waals surface area contributed by atoms with E-state index >= 15 is 0 Å². The molecule has 0 aliphatic rings. The Bertz CT molecular complexity index is 1100. The zero-order valence-electron chi connectivity index (χ0n) is 16.0. The number of nitrogens with zero attached hydrogens (tertiary/aromatic N) is 4. The first-order chi connectivity index (χ1) is 14.7. The normalized spacial score (nSPS) is 10.7. The zero-order chi connectivity index (χ0) is 20.8. The summed E-state index contributed by atoms with van der Waals surface area (Å²) < 4.78 is 13.4. The van der Waals surface area contributed by atoms with E-state index in [2.05, 4.69) is 30.7 Å². The molecule has 3 N–H and O–H groups in total. The van der Waals surface area contributed by atoms with E-state index in [1.807, 2.05) is 18.2 Å². The number of carbonyl (C=O) groups excluding carboxylic acids is 1. The summed E-state index contributed by atoms with van der Waals surface area (Å²) in [7, 11) is 0. The van der Waals surface area contributed by atoms with Crippen LogP contribution in [0.4, 0.5) is 15.9 Å². The molecule has 0 aliphatic carbocycles. The summed E-state index contributed by atoms with van der Waals surface area (Å²) in [6.07, 6.45) is 6.49. The highest BCUT2D eigenvalue weighted by Crippen LogP contribution is 2.28. The van der Waals surface area contributed by atoms with Gasteiger partial charge in [-0.1, -0.05) is 12.1 Å². The third-order valence-corrected chi connectivity index (χ3v) is 4.59. The van der Waals surface area contributed by atoms with Gasteiger partial charge in [-0.2, -0.15) is 10.2 Å². The minimum atomic E-state index is -0.264. The molecule has 152 valence electrons. The highest BCUT2D eigenvalue weighted by molar-refractivity contribution is 5.83. The molecular weight excluding hydrogens is 385 g/mol. The monoisotopic (exact) mass is 405 g/mol. The number of benzene rings is 1. The summed E-state index contributed by atoms with van der Waals surface area (Å²) in [6, 6.07) is 12.0. The number of aromatic amines is 2. The molecule has 30 heavy (non-hydrogen) atoms. The highest BCUT2D eigenvalue weighted by atomic mass is 19.1. The maximum absolute atomic E-state index is 13.4. The van der Waals surface area contributed by atoms with E-state index in [1.165, 1.54) is 17.0 Å². The Morgan fingerprint density at radius 2 is 2.10 bits per heavy atom. The number of H-pyrrole nitrogens is 2. The molecule has 0 fully saturated rings. The van der Waals surface area contributed by atoms with Crippen LogP contribution in [-0.2, 0) is 17.8 Å². The maximum Gasteiger partial charge on any atom is 0.214 e. The second-order valence-electron chi connectivity index (χ2n) is 6.66. The van der Waals surface area contributed by atoms with Crippen molar-refractivity contribution in [2.45, 2.75) is 13.0 Å². The van der Waals surface area contributed by atoms with Crippen LogP contribution in [0.3, 0.4) is 0 Å². The molecule has 0 radical (unpaired) electrons. The van der Waals surface area contributed by atoms with Crippen LogP contribution in [0.1, 0.15) is 11.3 Å². The number of nitrogens with one attached hydrogen (secondary N) is 3. The van der Waals surface area contributed by atoms with Gasteiger partial charge in [-0.3, -0.25) is 15.0 Å². The van der Waals surface area contributed by atoms with Crippen LogP contribution >= 0.6 is 0 Å². The summed E-state index contributed by atoms with van der Waals surface area (Å²) in [5.74, 6) is 0.284. The average Bonchev–Trinajstić information content (AvgIpc) is 3.47. The number of pyridine rings is 1. The van der Waals surface area contributed by atoms with Gasteiger partial charge < -0.3 is 10.2 Å². The first-order valence-corrected chi connectivity index (χ1v) is 9.42. The number of halogens is 1. The molecule has 0 aliphatic heterocycles. The third-order valence-electron chi connectivity index (χ3n) is 4.59. The summed E-state index contributed by atoms with van der Waals surface area (Å²) in [5, 5.41) is 16.9. The van der Waals surface area contributed by atoms with Crippen LogP contribution in [0.5, 0.6) is 0 Å². The van der Waals surface area contributed by atoms with Crippen molar-refractivity contribution in [3.05, 3.63) is 78.1 Å². The number of rotatable bonds is 9. The van der Waals surface area contributed by atoms with E-state index in [0.29, 0.717) is 36.7 Å². The van der Waals surface area contributed by atoms with Crippen LogP contribution < -0.4 is 10.2 Å². The summed E-state index contributed by atoms with van der Waals surface area (Å²) >= 11 is 0. The van der Waals surface area contributed by atoms with E-state index in [9.17, 15) is 9.18 Å². The van der Waals surface area contributed by atoms with Crippen LogP contribution in [0.15, 0.2) is 61.1 Å². The number of hydrogen-bond donors (Lipinski definition) is 3. The molecule has 0 saturated carbocycles. The standard InChI is InChI=1S/C21H20FN7O/c22-17-3-1-2-15(10-17)6-8-23-21-20(29(14-30)13-18-7-9-24-28-18)5-4-19(27-21)16-11-25-26-12-16/h1-5,7,9-12,14H,6,8,13H2,(H,23,27)(H,24,28)(H,25,26). The molecule has 3 heterocycles. The van der Waals surface area contributed by atoms with Gasteiger partial charge in [0.05, 0.1) is 29.8 Å². The van der Waals surface area contributed by atoms with E-state index in [0.717, 1.165) is 23.2 Å². The summed E-state index contributed by atoms with van der Waals surface area (Å²) in [6.45, 7) is 0.825. The molecular formula is C21H20FN7O. The van der Waals surface area contributed by atoms with Gasteiger partial charge in [-0.25, -0.2) is 9.37 Å². The fraction of sp³-hybridized carbons (Fsp3) is 0.143. The van der Waals surface area contributed by atoms with E-state index in [4.69, 9.17) is 0 Å². The SMILES string of the molecule is O=CN(Cc1cc[nH]n1)c1ccc(-c2cn[nH]c2)nc1NCCc1cccc(F)c1. The molecule has 3 aromatic heterocycles. The lowest BCUT2D eigenvalue weighted by Crippen LogP contribution is -2.23. The number of hydrogen-bond acceptors (Lipinski definition) is 5. The largest absolute Gasteiger partial charge is 0.368 e. The summed E-state index contributed by atoms with van der Waals surface area (Å²) in [5.41, 5.74) is 3.77. The minimum Gasteiger partial charge on any atom is -0.368 e. The van der Waals surface area contributed by atoms with E-state index in [-0.39, 0.29) is 5.82 Å². The number of carbonyl (C=O) groups is 1. The smallest absolute Gasteiger partial charge is 0.214 e. The lowest BCUT2D eigenvalue weighted by Gasteiger charge is -2.20. The van der Waals surface area contributed by atoms with Gasteiger partial charge in [0.1, 0.15) is 5.82 Å². The minimum absolute atomic E-state index is 0.264. The van der Waals surface area contributed by atoms with Gasteiger partial charge in [0.15, 0.2) is 5.82 Å². The van der Waals surface area contributed by atoms with Gasteiger partial charge in [0.2, 0.25) is 6.41 Å². The van der Waals surface area contributed by atoms with Crippen molar-refractivity contribution in [3.8, 4) is 11.3 Å². The second-order valence-corrected chi connectivity index (χ2v) is 6.66. The number of amides is 1. The molecule has 4 aromatic rings. The molecule has 0 atom stereocenters. The summed E-state index contributed by atoms with van der Waals surface area (Å²) in [4.78, 5) is 18.0. The van der Waals surface area contributed by atoms with Crippen molar-refractivity contribution in [3.63, 3.8) is 0 Å². The molecule has 0 spiro atoms. The second kappa shape index (κ2) is 8.99. The third kappa shape index (κ3) is 4.52. The van der Waals surface area contributed by atoms with Crippen LogP contribution in [0.25, 0.3) is 11.3 Å². The van der Waals surface area contributed by atoms with Crippen molar-refractivity contribution in [2.24, 2.45) is 0 Å². The molecule has 0 bridgehead atoms. The Morgan fingerprint density at radius 1 is 1.17 bits per heavy atom. The molecule has 1 amide bonds. The number of anilines is 2. The lowest BCUT2D eigenvalue weighted by molar-refractivity contribution is -0.107. The Morgan fingerprint density at radius 3 is 2.83 bits per heavy atom. The number of aromatic nitrogens is 5. The van der Waals surface area contributed by atoms with E-state index in [1.54, 1.807) is 30.7 Å². The van der Waals surface area contributed by atoms with Gasteiger partial charge in [0, 0.05) is 24.5 Å². The zero-order valence-corrected chi connectivity index (χ0v) is 16.0.